The molecule has 0 aliphatic heterocycles. The van der Waals surface area contributed by atoms with Gasteiger partial charge in [0.05, 0.1) is 11.9 Å². The first-order valence-corrected chi connectivity index (χ1v) is 4.12. The second-order valence-electron chi connectivity index (χ2n) is 2.64. The Labute approximate surface area is 67.2 Å². The Morgan fingerprint density at radius 1 is 1.55 bits per heavy atom. The lowest BCUT2D eigenvalue weighted by Crippen LogP contribution is -2.16. The lowest BCUT2D eigenvalue weighted by molar-refractivity contribution is 0.672. The first-order chi connectivity index (χ1) is 5.36. The summed E-state index contributed by atoms with van der Waals surface area (Å²) in [7, 11) is 0. The molecule has 0 aliphatic rings. The minimum absolute atomic E-state index is 0.576. The van der Waals surface area contributed by atoms with Gasteiger partial charge in [-0.3, -0.25) is 5.10 Å². The first kappa shape index (κ1) is 8.11. The molecule has 0 atom stereocenters. The van der Waals surface area contributed by atoms with E-state index in [1.807, 2.05) is 6.20 Å². The van der Waals surface area contributed by atoms with E-state index in [9.17, 15) is 0 Å². The number of aromatic amines is 1. The second-order valence-corrected chi connectivity index (χ2v) is 2.64. The number of H-pyrrole nitrogens is 1. The fourth-order valence-corrected chi connectivity index (χ4v) is 1.06. The van der Waals surface area contributed by atoms with Gasteiger partial charge in [-0.25, -0.2) is 0 Å². The smallest absolute Gasteiger partial charge is 0.0725 e. The van der Waals surface area contributed by atoms with Crippen molar-refractivity contribution in [3.63, 3.8) is 0 Å². The molecule has 1 aromatic heterocycles. The number of anilines is 1. The molecule has 1 heterocycles. The summed E-state index contributed by atoms with van der Waals surface area (Å²) < 4.78 is 0. The molecule has 3 nitrogen and oxygen atoms in total. The summed E-state index contributed by atoms with van der Waals surface area (Å²) >= 11 is 0. The van der Waals surface area contributed by atoms with E-state index in [4.69, 9.17) is 0 Å². The highest BCUT2D eigenvalue weighted by Gasteiger charge is 2.01. The molecule has 1 aromatic rings. The molecule has 0 saturated heterocycles. The normalized spacial score (nSPS) is 10.5. The number of nitrogens with zero attached hydrogens (tertiary/aromatic N) is 1. The van der Waals surface area contributed by atoms with Crippen molar-refractivity contribution in [2.24, 2.45) is 0 Å². The van der Waals surface area contributed by atoms with Gasteiger partial charge in [-0.1, -0.05) is 13.8 Å². The topological polar surface area (TPSA) is 40.7 Å². The van der Waals surface area contributed by atoms with Crippen LogP contribution in [-0.4, -0.2) is 16.2 Å². The molecule has 0 amide bonds. The maximum Gasteiger partial charge on any atom is 0.0725 e. The van der Waals surface area contributed by atoms with E-state index in [1.165, 1.54) is 0 Å². The van der Waals surface area contributed by atoms with Crippen LogP contribution in [0.2, 0.25) is 0 Å². The van der Waals surface area contributed by atoms with Crippen LogP contribution in [-0.2, 0) is 0 Å². The standard InChI is InChI=1S/C8H15N3/c1-3-7(4-2)11-8-5-9-10-6-8/h5-7,11H,3-4H2,1-2H3,(H,9,10). The van der Waals surface area contributed by atoms with Crippen molar-refractivity contribution in [3.8, 4) is 0 Å². The summed E-state index contributed by atoms with van der Waals surface area (Å²) in [6, 6.07) is 0.576. The van der Waals surface area contributed by atoms with Crippen LogP contribution >= 0.6 is 0 Å². The molecule has 3 heteroatoms. The summed E-state index contributed by atoms with van der Waals surface area (Å²) in [4.78, 5) is 0. The van der Waals surface area contributed by atoms with E-state index >= 15 is 0 Å². The lowest BCUT2D eigenvalue weighted by Gasteiger charge is -2.13. The van der Waals surface area contributed by atoms with Gasteiger partial charge in [0.1, 0.15) is 0 Å². The monoisotopic (exact) mass is 153 g/mol. The van der Waals surface area contributed by atoms with Crippen molar-refractivity contribution in [2.45, 2.75) is 32.7 Å². The Morgan fingerprint density at radius 2 is 2.27 bits per heavy atom. The Balaban J connectivity index is 2.41. The zero-order chi connectivity index (χ0) is 8.10. The predicted molar refractivity (Wildman–Crippen MR) is 46.6 cm³/mol. The maximum atomic E-state index is 3.86. The van der Waals surface area contributed by atoms with Crippen LogP contribution in [0.1, 0.15) is 26.7 Å². The number of rotatable bonds is 4. The maximum absolute atomic E-state index is 3.86. The number of nitrogens with one attached hydrogen (secondary N) is 2. The zero-order valence-corrected chi connectivity index (χ0v) is 7.09. The van der Waals surface area contributed by atoms with Crippen molar-refractivity contribution in [1.29, 1.82) is 0 Å². The van der Waals surface area contributed by atoms with Gasteiger partial charge in [-0.2, -0.15) is 5.10 Å². The van der Waals surface area contributed by atoms with E-state index in [2.05, 4.69) is 29.4 Å². The molecule has 1 rings (SSSR count). The van der Waals surface area contributed by atoms with Gasteiger partial charge in [-0.15, -0.1) is 0 Å². The predicted octanol–water partition coefficient (Wildman–Crippen LogP) is 2.01. The average Bonchev–Trinajstić information content (AvgIpc) is 2.52. The molecule has 0 unspecified atom stereocenters. The van der Waals surface area contributed by atoms with E-state index in [-0.39, 0.29) is 0 Å². The third-order valence-electron chi connectivity index (χ3n) is 1.85. The molecule has 0 fully saturated rings. The largest absolute Gasteiger partial charge is 0.380 e. The minimum Gasteiger partial charge on any atom is -0.380 e. The summed E-state index contributed by atoms with van der Waals surface area (Å²) in [5, 5.41) is 9.99. The fourth-order valence-electron chi connectivity index (χ4n) is 1.06. The summed E-state index contributed by atoms with van der Waals surface area (Å²) in [6.07, 6.45) is 5.99. The molecule has 11 heavy (non-hydrogen) atoms. The molecule has 0 aromatic carbocycles. The highest BCUT2D eigenvalue weighted by atomic mass is 15.1. The van der Waals surface area contributed by atoms with Crippen LogP contribution < -0.4 is 5.32 Å². The van der Waals surface area contributed by atoms with Gasteiger partial charge in [0.15, 0.2) is 0 Å². The van der Waals surface area contributed by atoms with Crippen molar-refractivity contribution >= 4 is 5.69 Å². The number of hydrogen-bond acceptors (Lipinski definition) is 2. The highest BCUT2D eigenvalue weighted by Crippen LogP contribution is 2.07. The molecule has 0 saturated carbocycles. The Bertz CT molecular complexity index is 177. The Kier molecular flexibility index (Phi) is 2.95. The van der Waals surface area contributed by atoms with Crippen LogP contribution in [0.15, 0.2) is 12.4 Å². The SMILES string of the molecule is CCC(CC)Nc1cn[nH]c1. The lowest BCUT2D eigenvalue weighted by atomic mass is 10.2. The third-order valence-corrected chi connectivity index (χ3v) is 1.85. The summed E-state index contributed by atoms with van der Waals surface area (Å²) in [6.45, 7) is 4.36. The summed E-state index contributed by atoms with van der Waals surface area (Å²) in [5.74, 6) is 0. The van der Waals surface area contributed by atoms with Crippen molar-refractivity contribution < 1.29 is 0 Å². The van der Waals surface area contributed by atoms with E-state index in [0.717, 1.165) is 18.5 Å². The number of aromatic nitrogens is 2. The second kappa shape index (κ2) is 4.01. The van der Waals surface area contributed by atoms with Crippen LogP contribution in [0, 0.1) is 0 Å². The van der Waals surface area contributed by atoms with Crippen LogP contribution in [0.3, 0.4) is 0 Å². The molecule has 0 radical (unpaired) electrons. The van der Waals surface area contributed by atoms with E-state index in [1.54, 1.807) is 6.20 Å². The molecule has 2 N–H and O–H groups in total. The quantitative estimate of drug-likeness (QED) is 0.694. The van der Waals surface area contributed by atoms with Crippen LogP contribution in [0.4, 0.5) is 5.69 Å². The number of hydrogen-bond donors (Lipinski definition) is 2. The van der Waals surface area contributed by atoms with Crippen molar-refractivity contribution in [1.82, 2.24) is 10.2 Å². The van der Waals surface area contributed by atoms with Gasteiger partial charge in [0.25, 0.3) is 0 Å². The molecular formula is C8H15N3. The molecule has 0 bridgehead atoms. The Morgan fingerprint density at radius 3 is 2.73 bits per heavy atom. The molecule has 0 spiro atoms. The highest BCUT2D eigenvalue weighted by molar-refractivity contribution is 5.38. The van der Waals surface area contributed by atoms with Gasteiger partial charge in [-0.05, 0) is 12.8 Å². The zero-order valence-electron chi connectivity index (χ0n) is 7.09. The van der Waals surface area contributed by atoms with Gasteiger partial charge in [0.2, 0.25) is 0 Å². The van der Waals surface area contributed by atoms with Crippen LogP contribution in [0.25, 0.3) is 0 Å². The van der Waals surface area contributed by atoms with Crippen LogP contribution in [0.5, 0.6) is 0 Å². The van der Waals surface area contributed by atoms with E-state index in [0.29, 0.717) is 6.04 Å². The van der Waals surface area contributed by atoms with E-state index < -0.39 is 0 Å². The third kappa shape index (κ3) is 2.26. The minimum atomic E-state index is 0.576. The average molecular weight is 153 g/mol. The Hall–Kier alpha value is -0.990. The molecule has 0 aliphatic carbocycles. The summed E-state index contributed by atoms with van der Waals surface area (Å²) in [5.41, 5.74) is 1.08. The van der Waals surface area contributed by atoms with Crippen molar-refractivity contribution in [2.75, 3.05) is 5.32 Å². The molecular weight excluding hydrogens is 138 g/mol. The van der Waals surface area contributed by atoms with Crippen molar-refractivity contribution in [3.05, 3.63) is 12.4 Å². The fraction of sp³-hybridized carbons (Fsp3) is 0.625. The first-order valence-electron chi connectivity index (χ1n) is 4.12. The van der Waals surface area contributed by atoms with Gasteiger partial charge in [0, 0.05) is 12.2 Å². The van der Waals surface area contributed by atoms with Gasteiger partial charge >= 0.3 is 0 Å². The molecule has 62 valence electrons. The van der Waals surface area contributed by atoms with Gasteiger partial charge < -0.3 is 5.32 Å².